The van der Waals surface area contributed by atoms with Crippen molar-refractivity contribution in [3.05, 3.63) is 23.2 Å². The number of sulfonamides is 1. The van der Waals surface area contributed by atoms with Crippen molar-refractivity contribution in [2.45, 2.75) is 26.3 Å². The minimum atomic E-state index is -3.39. The Morgan fingerprint density at radius 3 is 2.52 bits per heavy atom. The van der Waals surface area contributed by atoms with Crippen LogP contribution in [0.3, 0.4) is 0 Å². The van der Waals surface area contributed by atoms with E-state index in [9.17, 15) is 13.2 Å². The molecule has 0 bridgehead atoms. The summed E-state index contributed by atoms with van der Waals surface area (Å²) >= 11 is 5.97. The second-order valence-corrected chi connectivity index (χ2v) is 7.13. The van der Waals surface area contributed by atoms with Gasteiger partial charge in [-0.25, -0.2) is 8.42 Å². The summed E-state index contributed by atoms with van der Waals surface area (Å²) < 4.78 is 24.6. The molecule has 0 fully saturated rings. The van der Waals surface area contributed by atoms with Gasteiger partial charge in [-0.15, -0.1) is 0 Å². The maximum Gasteiger partial charge on any atom is 0.229 e. The molecule has 0 unspecified atom stereocenters. The molecule has 1 aromatic rings. The van der Waals surface area contributed by atoms with E-state index in [1.165, 1.54) is 12.1 Å². The lowest BCUT2D eigenvalue weighted by atomic mass is 10.2. The quantitative estimate of drug-likeness (QED) is 0.712. The van der Waals surface area contributed by atoms with Crippen molar-refractivity contribution >= 4 is 38.9 Å². The van der Waals surface area contributed by atoms with Gasteiger partial charge in [0.05, 0.1) is 17.0 Å². The van der Waals surface area contributed by atoms with Gasteiger partial charge < -0.3 is 10.6 Å². The molecule has 21 heavy (non-hydrogen) atoms. The van der Waals surface area contributed by atoms with Crippen molar-refractivity contribution in [2.24, 2.45) is 0 Å². The Bertz CT molecular complexity index is 603. The highest BCUT2D eigenvalue weighted by Gasteiger charge is 2.08. The maximum absolute atomic E-state index is 11.7. The van der Waals surface area contributed by atoms with Gasteiger partial charge in [-0.3, -0.25) is 9.52 Å². The lowest BCUT2D eigenvalue weighted by Crippen LogP contribution is -2.27. The minimum Gasteiger partial charge on any atom is -0.326 e. The van der Waals surface area contributed by atoms with Gasteiger partial charge in [0.2, 0.25) is 15.9 Å². The van der Waals surface area contributed by atoms with Crippen LogP contribution in [-0.4, -0.2) is 33.2 Å². The topological polar surface area (TPSA) is 87.3 Å². The van der Waals surface area contributed by atoms with Crippen LogP contribution in [-0.2, 0) is 14.8 Å². The number of amides is 1. The zero-order chi connectivity index (χ0) is 16.0. The highest BCUT2D eigenvalue weighted by molar-refractivity contribution is 7.92. The molecule has 1 aromatic carbocycles. The summed E-state index contributed by atoms with van der Waals surface area (Å²) in [6.07, 6.45) is 1.39. The molecule has 8 heteroatoms. The Morgan fingerprint density at radius 2 is 2.00 bits per heavy atom. The van der Waals surface area contributed by atoms with Gasteiger partial charge in [0.1, 0.15) is 0 Å². The molecule has 0 radical (unpaired) electrons. The number of carbonyl (C=O) groups excluding carboxylic acids is 1. The number of nitrogens with one attached hydrogen (secondary N) is 3. The molecule has 0 aliphatic rings. The molecule has 0 saturated carbocycles. The summed E-state index contributed by atoms with van der Waals surface area (Å²) in [5.74, 6) is -0.136. The Labute approximate surface area is 130 Å². The van der Waals surface area contributed by atoms with E-state index in [1.54, 1.807) is 6.07 Å². The van der Waals surface area contributed by atoms with E-state index in [2.05, 4.69) is 15.4 Å². The van der Waals surface area contributed by atoms with E-state index in [4.69, 9.17) is 11.6 Å². The van der Waals surface area contributed by atoms with Crippen molar-refractivity contribution in [3.63, 3.8) is 0 Å². The van der Waals surface area contributed by atoms with Gasteiger partial charge in [-0.2, -0.15) is 0 Å². The maximum atomic E-state index is 11.7. The highest BCUT2D eigenvalue weighted by Crippen LogP contribution is 2.26. The van der Waals surface area contributed by atoms with Crippen LogP contribution in [0, 0.1) is 0 Å². The summed E-state index contributed by atoms with van der Waals surface area (Å²) in [5, 5.41) is 6.07. The number of hydrogen-bond donors (Lipinski definition) is 3. The van der Waals surface area contributed by atoms with Crippen LogP contribution in [0.5, 0.6) is 0 Å². The molecule has 1 rings (SSSR count). The number of halogens is 1. The smallest absolute Gasteiger partial charge is 0.229 e. The normalized spacial score (nSPS) is 11.5. The number of carbonyl (C=O) groups is 1. The largest absolute Gasteiger partial charge is 0.326 e. The fourth-order valence-electron chi connectivity index (χ4n) is 1.57. The molecule has 1 amide bonds. The van der Waals surface area contributed by atoms with E-state index in [1.807, 2.05) is 13.8 Å². The van der Waals surface area contributed by atoms with Crippen LogP contribution in [0.1, 0.15) is 20.3 Å². The van der Waals surface area contributed by atoms with Crippen molar-refractivity contribution in [2.75, 3.05) is 22.8 Å². The number of rotatable bonds is 7. The predicted octanol–water partition coefficient (Wildman–Crippen LogP) is 2.04. The summed E-state index contributed by atoms with van der Waals surface area (Å²) in [4.78, 5) is 11.7. The van der Waals surface area contributed by atoms with Crippen LogP contribution in [0.4, 0.5) is 11.4 Å². The second-order valence-electron chi connectivity index (χ2n) is 4.98. The van der Waals surface area contributed by atoms with E-state index >= 15 is 0 Å². The third-order valence-electron chi connectivity index (χ3n) is 2.45. The zero-order valence-corrected chi connectivity index (χ0v) is 13.8. The molecule has 0 heterocycles. The highest BCUT2D eigenvalue weighted by atomic mass is 35.5. The van der Waals surface area contributed by atoms with Gasteiger partial charge in [0, 0.05) is 24.7 Å². The molecule has 0 saturated heterocycles. The molecule has 6 nitrogen and oxygen atoms in total. The van der Waals surface area contributed by atoms with Gasteiger partial charge in [-0.1, -0.05) is 25.4 Å². The van der Waals surface area contributed by atoms with Crippen LogP contribution in [0.2, 0.25) is 5.02 Å². The first-order chi connectivity index (χ1) is 9.67. The molecule has 0 aromatic heterocycles. The molecule has 118 valence electrons. The fraction of sp³-hybridized carbons (Fsp3) is 0.462. The zero-order valence-electron chi connectivity index (χ0n) is 12.2. The first-order valence-electron chi connectivity index (χ1n) is 6.48. The standard InChI is InChI=1S/C13H20ClN3O3S/c1-9(2)15-7-6-13(18)16-10-4-5-12(11(14)8-10)17-21(3,19)20/h4-5,8-9,15,17H,6-7H2,1-3H3,(H,16,18). The molecule has 0 aliphatic heterocycles. The molecule has 0 spiro atoms. The van der Waals surface area contributed by atoms with Crippen molar-refractivity contribution in [3.8, 4) is 0 Å². The lowest BCUT2D eigenvalue weighted by Gasteiger charge is -2.10. The van der Waals surface area contributed by atoms with Crippen molar-refractivity contribution in [1.29, 1.82) is 0 Å². The SMILES string of the molecule is CC(C)NCCC(=O)Nc1ccc(NS(C)(=O)=O)c(Cl)c1. The third kappa shape index (κ3) is 7.31. The monoisotopic (exact) mass is 333 g/mol. The Kier molecular flexibility index (Phi) is 6.44. The van der Waals surface area contributed by atoms with Crippen molar-refractivity contribution < 1.29 is 13.2 Å². The van der Waals surface area contributed by atoms with E-state index in [-0.39, 0.29) is 16.6 Å². The van der Waals surface area contributed by atoms with Gasteiger partial charge in [0.15, 0.2) is 0 Å². The molecule has 3 N–H and O–H groups in total. The molecule has 0 aliphatic carbocycles. The summed E-state index contributed by atoms with van der Waals surface area (Å²) in [5.41, 5.74) is 0.798. The average molecular weight is 334 g/mol. The van der Waals surface area contributed by atoms with E-state index in [0.717, 1.165) is 6.26 Å². The van der Waals surface area contributed by atoms with Gasteiger partial charge in [-0.05, 0) is 18.2 Å². The Hall–Kier alpha value is -1.31. The van der Waals surface area contributed by atoms with E-state index in [0.29, 0.717) is 24.7 Å². The third-order valence-corrected chi connectivity index (χ3v) is 3.36. The average Bonchev–Trinajstić information content (AvgIpc) is 2.30. The molecular weight excluding hydrogens is 314 g/mol. The van der Waals surface area contributed by atoms with Crippen LogP contribution in [0.15, 0.2) is 18.2 Å². The van der Waals surface area contributed by atoms with Gasteiger partial charge >= 0.3 is 0 Å². The number of anilines is 2. The van der Waals surface area contributed by atoms with Crippen LogP contribution in [0.25, 0.3) is 0 Å². The summed E-state index contributed by atoms with van der Waals surface area (Å²) in [6, 6.07) is 4.93. The van der Waals surface area contributed by atoms with Crippen molar-refractivity contribution in [1.82, 2.24) is 5.32 Å². The van der Waals surface area contributed by atoms with E-state index < -0.39 is 10.0 Å². The molecular formula is C13H20ClN3O3S. The first kappa shape index (κ1) is 17.7. The Morgan fingerprint density at radius 1 is 1.33 bits per heavy atom. The lowest BCUT2D eigenvalue weighted by molar-refractivity contribution is -0.116. The number of hydrogen-bond acceptors (Lipinski definition) is 4. The fourth-order valence-corrected chi connectivity index (χ4v) is 2.43. The first-order valence-corrected chi connectivity index (χ1v) is 8.75. The summed E-state index contributed by atoms with van der Waals surface area (Å²) in [7, 11) is -3.39. The predicted molar refractivity (Wildman–Crippen MR) is 86.3 cm³/mol. The Balaban J connectivity index is 2.61. The van der Waals surface area contributed by atoms with Crippen LogP contribution >= 0.6 is 11.6 Å². The number of benzene rings is 1. The van der Waals surface area contributed by atoms with Crippen LogP contribution < -0.4 is 15.4 Å². The molecule has 0 atom stereocenters. The second kappa shape index (κ2) is 7.63. The van der Waals surface area contributed by atoms with Gasteiger partial charge in [0.25, 0.3) is 0 Å². The minimum absolute atomic E-state index is 0.136. The summed E-state index contributed by atoms with van der Waals surface area (Å²) in [6.45, 7) is 4.60.